The number of aromatic nitrogens is 2. The number of nitrogens with one attached hydrogen (secondary N) is 2. The number of thioether (sulfide) groups is 1. The fraction of sp³-hybridized carbons (Fsp3) is 0.458. The highest BCUT2D eigenvalue weighted by atomic mass is 32.2. The van der Waals surface area contributed by atoms with Gasteiger partial charge in [-0.3, -0.25) is 9.59 Å². The van der Waals surface area contributed by atoms with Crippen LogP contribution in [0.15, 0.2) is 29.1 Å². The number of nitrogens with zero attached hydrogens (tertiary/aromatic N) is 2. The molecule has 1 aliphatic carbocycles. The lowest BCUT2D eigenvalue weighted by molar-refractivity contribution is -0.115. The van der Waals surface area contributed by atoms with Crippen LogP contribution in [0.25, 0.3) is 10.2 Å². The lowest BCUT2D eigenvalue weighted by Gasteiger charge is -2.21. The molecule has 8 heteroatoms. The van der Waals surface area contributed by atoms with Crippen LogP contribution in [-0.2, 0) is 23.4 Å². The highest BCUT2D eigenvalue weighted by Gasteiger charge is 2.20. The Balaban J connectivity index is 1.16. The van der Waals surface area contributed by atoms with Crippen LogP contribution in [-0.4, -0.2) is 34.7 Å². The Morgan fingerprint density at radius 2 is 1.97 bits per heavy atom. The molecule has 168 valence electrons. The van der Waals surface area contributed by atoms with Crippen molar-refractivity contribution in [2.45, 2.75) is 50.7 Å². The summed E-state index contributed by atoms with van der Waals surface area (Å²) < 4.78 is 0. The number of amides is 1. The molecule has 5 rings (SSSR count). The first kappa shape index (κ1) is 21.5. The van der Waals surface area contributed by atoms with Crippen LogP contribution in [0.3, 0.4) is 0 Å². The van der Waals surface area contributed by atoms with Crippen LogP contribution in [0, 0.1) is 0 Å². The summed E-state index contributed by atoms with van der Waals surface area (Å²) in [6, 6.07) is 8.04. The molecule has 3 heterocycles. The molecule has 2 aliphatic rings. The first-order valence-corrected chi connectivity index (χ1v) is 13.4. The third-order valence-corrected chi connectivity index (χ3v) is 8.37. The molecular weight excluding hydrogens is 440 g/mol. The third kappa shape index (κ3) is 4.57. The van der Waals surface area contributed by atoms with Gasteiger partial charge < -0.3 is 15.2 Å². The zero-order valence-corrected chi connectivity index (χ0v) is 19.7. The van der Waals surface area contributed by atoms with Crippen molar-refractivity contribution in [2.24, 2.45) is 0 Å². The van der Waals surface area contributed by atoms with E-state index in [0.29, 0.717) is 23.8 Å². The average Bonchev–Trinajstić information content (AvgIpc) is 3.45. The van der Waals surface area contributed by atoms with Gasteiger partial charge in [0.2, 0.25) is 5.91 Å². The first-order valence-electron chi connectivity index (χ1n) is 11.4. The number of hydrogen-bond donors (Lipinski definition) is 2. The molecule has 0 unspecified atom stereocenters. The smallest absolute Gasteiger partial charge is 0.259 e. The number of anilines is 2. The van der Waals surface area contributed by atoms with E-state index < -0.39 is 0 Å². The average molecular weight is 469 g/mol. The molecule has 2 aromatic heterocycles. The molecule has 1 aliphatic heterocycles. The SMILES string of the molecule is O=C(CCSCc1nc2sc3c(c2c(=O)[nH]1)CCCC3)Nc1ccccc1N1CCCC1. The Labute approximate surface area is 195 Å². The van der Waals surface area contributed by atoms with Gasteiger partial charge in [-0.1, -0.05) is 12.1 Å². The maximum absolute atomic E-state index is 12.7. The number of H-pyrrole nitrogens is 1. The maximum Gasteiger partial charge on any atom is 0.259 e. The summed E-state index contributed by atoms with van der Waals surface area (Å²) >= 11 is 3.30. The van der Waals surface area contributed by atoms with Crippen molar-refractivity contribution >= 4 is 50.6 Å². The second-order valence-corrected chi connectivity index (χ2v) is 10.7. The fourth-order valence-corrected chi connectivity index (χ4v) is 6.72. The van der Waals surface area contributed by atoms with E-state index in [9.17, 15) is 9.59 Å². The van der Waals surface area contributed by atoms with Gasteiger partial charge in [0.25, 0.3) is 5.56 Å². The minimum atomic E-state index is -0.0127. The van der Waals surface area contributed by atoms with Crippen molar-refractivity contribution in [1.29, 1.82) is 0 Å². The molecule has 0 radical (unpaired) electrons. The van der Waals surface area contributed by atoms with Crippen LogP contribution >= 0.6 is 23.1 Å². The van der Waals surface area contributed by atoms with Gasteiger partial charge in [0.15, 0.2) is 0 Å². The molecule has 6 nitrogen and oxygen atoms in total. The van der Waals surface area contributed by atoms with Crippen LogP contribution in [0.2, 0.25) is 0 Å². The van der Waals surface area contributed by atoms with Gasteiger partial charge in [-0.25, -0.2) is 4.98 Å². The lowest BCUT2D eigenvalue weighted by atomic mass is 9.97. The number of aromatic amines is 1. The number of benzene rings is 1. The summed E-state index contributed by atoms with van der Waals surface area (Å²) in [7, 11) is 0. The number of fused-ring (bicyclic) bond motifs is 3. The standard InChI is InChI=1S/C24H28N4O2S2/c29-21(25-17-8-2-3-9-18(17)28-12-5-6-13-28)11-14-31-15-20-26-23(30)22-16-7-1-4-10-19(16)32-24(22)27-20/h2-3,8-9H,1,4-7,10-15H2,(H,25,29)(H,26,27,30). The number of aryl methyl sites for hydroxylation is 2. The maximum atomic E-state index is 12.7. The van der Waals surface area contributed by atoms with Crippen LogP contribution in [0.5, 0.6) is 0 Å². The topological polar surface area (TPSA) is 78.1 Å². The normalized spacial score (nSPS) is 15.8. The molecule has 0 spiro atoms. The molecule has 0 bridgehead atoms. The minimum absolute atomic E-state index is 0.0127. The molecule has 1 fully saturated rings. The molecule has 32 heavy (non-hydrogen) atoms. The summed E-state index contributed by atoms with van der Waals surface area (Å²) in [5.74, 6) is 2.00. The zero-order valence-electron chi connectivity index (χ0n) is 18.1. The molecule has 0 saturated carbocycles. The van der Waals surface area contributed by atoms with E-state index in [0.717, 1.165) is 53.9 Å². The summed E-state index contributed by atoms with van der Waals surface area (Å²) in [5, 5.41) is 3.88. The number of carbonyl (C=O) groups is 1. The summed E-state index contributed by atoms with van der Waals surface area (Å²) in [6.07, 6.45) is 7.24. The minimum Gasteiger partial charge on any atom is -0.370 e. The van der Waals surface area contributed by atoms with Gasteiger partial charge >= 0.3 is 0 Å². The second-order valence-electron chi connectivity index (χ2n) is 8.47. The number of carbonyl (C=O) groups excluding carboxylic acids is 1. The van der Waals surface area contributed by atoms with Gasteiger partial charge in [0.05, 0.1) is 22.5 Å². The molecule has 1 saturated heterocycles. The summed E-state index contributed by atoms with van der Waals surface area (Å²) in [6.45, 7) is 2.09. The van der Waals surface area contributed by atoms with Gasteiger partial charge in [-0.15, -0.1) is 11.3 Å². The Morgan fingerprint density at radius 3 is 2.84 bits per heavy atom. The Kier molecular flexibility index (Phi) is 6.50. The van der Waals surface area contributed by atoms with E-state index in [1.807, 2.05) is 18.2 Å². The largest absolute Gasteiger partial charge is 0.370 e. The van der Waals surface area contributed by atoms with E-state index in [4.69, 9.17) is 4.98 Å². The molecule has 2 N–H and O–H groups in total. The lowest BCUT2D eigenvalue weighted by Crippen LogP contribution is -2.21. The molecule has 3 aromatic rings. The Morgan fingerprint density at radius 1 is 1.16 bits per heavy atom. The van der Waals surface area contributed by atoms with Crippen molar-refractivity contribution in [3.63, 3.8) is 0 Å². The van der Waals surface area contributed by atoms with Crippen molar-refractivity contribution < 1.29 is 4.79 Å². The number of rotatable bonds is 7. The first-order chi connectivity index (χ1) is 15.7. The quantitative estimate of drug-likeness (QED) is 0.491. The summed E-state index contributed by atoms with van der Waals surface area (Å²) in [5.41, 5.74) is 3.21. The van der Waals surface area contributed by atoms with Crippen molar-refractivity contribution in [1.82, 2.24) is 9.97 Å². The predicted molar refractivity (Wildman–Crippen MR) is 134 cm³/mol. The van der Waals surface area contributed by atoms with Crippen LogP contribution in [0.1, 0.15) is 48.4 Å². The van der Waals surface area contributed by atoms with Gasteiger partial charge in [0.1, 0.15) is 10.7 Å². The van der Waals surface area contributed by atoms with Crippen molar-refractivity contribution in [3.8, 4) is 0 Å². The molecule has 1 aromatic carbocycles. The van der Waals surface area contributed by atoms with E-state index in [1.165, 1.54) is 29.7 Å². The van der Waals surface area contributed by atoms with Gasteiger partial charge in [-0.05, 0) is 56.2 Å². The van der Waals surface area contributed by atoms with E-state index in [2.05, 4.69) is 21.3 Å². The Bertz CT molecular complexity index is 1180. The number of para-hydroxylation sites is 2. The highest BCUT2D eigenvalue weighted by molar-refractivity contribution is 7.98. The molecular formula is C24H28N4O2S2. The highest BCUT2D eigenvalue weighted by Crippen LogP contribution is 2.33. The molecule has 0 atom stereocenters. The fourth-order valence-electron chi connectivity index (χ4n) is 4.64. The van der Waals surface area contributed by atoms with Crippen LogP contribution < -0.4 is 15.8 Å². The second kappa shape index (κ2) is 9.67. The van der Waals surface area contributed by atoms with E-state index in [1.54, 1.807) is 23.1 Å². The van der Waals surface area contributed by atoms with Gasteiger partial charge in [-0.2, -0.15) is 11.8 Å². The monoisotopic (exact) mass is 468 g/mol. The third-order valence-electron chi connectivity index (χ3n) is 6.21. The zero-order chi connectivity index (χ0) is 21.9. The summed E-state index contributed by atoms with van der Waals surface area (Å²) in [4.78, 5) is 37.4. The van der Waals surface area contributed by atoms with E-state index in [-0.39, 0.29) is 11.5 Å². The van der Waals surface area contributed by atoms with Crippen molar-refractivity contribution in [2.75, 3.05) is 29.1 Å². The van der Waals surface area contributed by atoms with Crippen molar-refractivity contribution in [3.05, 3.63) is 50.9 Å². The predicted octanol–water partition coefficient (Wildman–Crippen LogP) is 4.73. The van der Waals surface area contributed by atoms with Gasteiger partial charge in [0, 0.05) is 30.1 Å². The molecule has 1 amide bonds. The Hall–Kier alpha value is -2.32. The van der Waals surface area contributed by atoms with E-state index >= 15 is 0 Å². The number of hydrogen-bond acceptors (Lipinski definition) is 6. The van der Waals surface area contributed by atoms with Crippen LogP contribution in [0.4, 0.5) is 11.4 Å². The number of thiophene rings is 1.